The quantitative estimate of drug-likeness (QED) is 0.235. The SMILES string of the molecule is CS(=O)(=O)c1ccc(CN2CCN(C(=O)c3ccc4oc(C(=O)NC5CCN(Cc6ccc(OC(F)(F)F)c(F)c6)CC5)cc4c3)CC2)cc1. The van der Waals surface area contributed by atoms with E-state index in [0.717, 1.165) is 17.7 Å². The van der Waals surface area contributed by atoms with Gasteiger partial charge in [0.2, 0.25) is 0 Å². The van der Waals surface area contributed by atoms with Crippen LogP contribution < -0.4 is 10.1 Å². The summed E-state index contributed by atoms with van der Waals surface area (Å²) in [7, 11) is -3.25. The molecule has 0 bridgehead atoms. The fraction of sp³-hybridized carbons (Fsp3) is 0.371. The zero-order chi connectivity index (χ0) is 35.6. The number of carbonyl (C=O) groups is 2. The predicted octanol–water partition coefficient (Wildman–Crippen LogP) is 5.23. The van der Waals surface area contributed by atoms with Crippen LogP contribution in [0.4, 0.5) is 17.6 Å². The lowest BCUT2D eigenvalue weighted by atomic mass is 10.0. The standard InChI is InChI=1S/C35H36F4N4O6S/c1-50(46,47)28-6-2-23(3-7-28)21-42-14-16-43(17-15-42)34(45)25-5-9-30-26(19-25)20-32(48-30)33(44)40-27-10-12-41(13-11-27)22-24-4-8-31(29(36)18-24)49-35(37,38)39/h2-9,18-20,27H,10-17,21-22H2,1H3,(H,40,44). The summed E-state index contributed by atoms with van der Waals surface area (Å²) in [6.45, 7) is 4.59. The maximum atomic E-state index is 14.1. The van der Waals surface area contributed by atoms with Crippen LogP contribution in [0.15, 0.2) is 76.0 Å². The van der Waals surface area contributed by atoms with E-state index in [1.165, 1.54) is 12.3 Å². The van der Waals surface area contributed by atoms with Crippen molar-refractivity contribution in [2.75, 3.05) is 45.5 Å². The first kappa shape index (κ1) is 35.4. The summed E-state index contributed by atoms with van der Waals surface area (Å²) < 4.78 is 84.3. The highest BCUT2D eigenvalue weighted by molar-refractivity contribution is 7.90. The van der Waals surface area contributed by atoms with Gasteiger partial charge >= 0.3 is 6.36 Å². The van der Waals surface area contributed by atoms with Gasteiger partial charge in [-0.25, -0.2) is 12.8 Å². The maximum Gasteiger partial charge on any atom is 0.573 e. The monoisotopic (exact) mass is 716 g/mol. The van der Waals surface area contributed by atoms with E-state index >= 15 is 0 Å². The number of nitrogens with zero attached hydrogens (tertiary/aromatic N) is 3. The number of ether oxygens (including phenoxy) is 1. The van der Waals surface area contributed by atoms with Crippen molar-refractivity contribution in [1.82, 2.24) is 20.0 Å². The number of furan rings is 1. The highest BCUT2D eigenvalue weighted by atomic mass is 32.2. The van der Waals surface area contributed by atoms with E-state index in [1.807, 2.05) is 17.0 Å². The number of alkyl halides is 3. The molecule has 3 aromatic carbocycles. The van der Waals surface area contributed by atoms with E-state index in [1.54, 1.807) is 41.3 Å². The number of nitrogens with one attached hydrogen (secondary N) is 1. The van der Waals surface area contributed by atoms with E-state index in [0.29, 0.717) is 87.3 Å². The predicted molar refractivity (Wildman–Crippen MR) is 176 cm³/mol. The van der Waals surface area contributed by atoms with Gasteiger partial charge in [0.05, 0.1) is 4.90 Å². The minimum absolute atomic E-state index is 0.115. The number of halogens is 4. The van der Waals surface area contributed by atoms with Gasteiger partial charge in [-0.2, -0.15) is 0 Å². The van der Waals surface area contributed by atoms with Crippen LogP contribution in [-0.2, 0) is 22.9 Å². The molecule has 0 radical (unpaired) electrons. The Morgan fingerprint density at radius 3 is 2.14 bits per heavy atom. The molecule has 3 heterocycles. The lowest BCUT2D eigenvalue weighted by molar-refractivity contribution is -0.275. The Labute approximate surface area is 286 Å². The van der Waals surface area contributed by atoms with Crippen molar-refractivity contribution in [2.45, 2.75) is 43.2 Å². The van der Waals surface area contributed by atoms with Gasteiger partial charge in [-0.1, -0.05) is 18.2 Å². The van der Waals surface area contributed by atoms with E-state index in [2.05, 4.69) is 15.0 Å². The largest absolute Gasteiger partial charge is 0.573 e. The van der Waals surface area contributed by atoms with Crippen LogP contribution in [0.1, 0.15) is 44.9 Å². The topological polar surface area (TPSA) is 112 Å². The van der Waals surface area contributed by atoms with Gasteiger partial charge in [0.15, 0.2) is 27.2 Å². The van der Waals surface area contributed by atoms with Gasteiger partial charge in [0.1, 0.15) is 5.58 Å². The number of amides is 2. The van der Waals surface area contributed by atoms with Crippen LogP contribution in [0.25, 0.3) is 11.0 Å². The van der Waals surface area contributed by atoms with Crippen molar-refractivity contribution in [2.24, 2.45) is 0 Å². The molecule has 0 saturated carbocycles. The summed E-state index contributed by atoms with van der Waals surface area (Å²) in [6.07, 6.45) is -2.56. The molecule has 2 aliphatic rings. The van der Waals surface area contributed by atoms with E-state index in [9.17, 15) is 35.6 Å². The number of likely N-dealkylation sites (tertiary alicyclic amines) is 1. The Kier molecular flexibility index (Phi) is 10.2. The second-order valence-electron chi connectivity index (χ2n) is 12.7. The minimum Gasteiger partial charge on any atom is -0.451 e. The van der Waals surface area contributed by atoms with Gasteiger partial charge in [-0.3, -0.25) is 19.4 Å². The average molecular weight is 717 g/mol. The molecule has 2 amide bonds. The number of hydrogen-bond acceptors (Lipinski definition) is 8. The maximum absolute atomic E-state index is 14.1. The van der Waals surface area contributed by atoms with Crippen LogP contribution in [0, 0.1) is 5.82 Å². The zero-order valence-corrected chi connectivity index (χ0v) is 28.0. The average Bonchev–Trinajstić information content (AvgIpc) is 3.50. The van der Waals surface area contributed by atoms with E-state index < -0.39 is 27.8 Å². The van der Waals surface area contributed by atoms with Crippen molar-refractivity contribution in [3.8, 4) is 5.75 Å². The molecule has 1 aromatic heterocycles. The Balaban J connectivity index is 0.975. The van der Waals surface area contributed by atoms with Crippen molar-refractivity contribution < 1.29 is 44.7 Å². The third-order valence-electron chi connectivity index (χ3n) is 8.96. The minimum atomic E-state index is -4.97. The number of piperidine rings is 1. The summed E-state index contributed by atoms with van der Waals surface area (Å²) in [5.74, 6) is -2.33. The number of rotatable bonds is 9. The lowest BCUT2D eigenvalue weighted by Crippen LogP contribution is -2.48. The van der Waals surface area contributed by atoms with E-state index in [4.69, 9.17) is 4.42 Å². The normalized spacial score (nSPS) is 16.9. The van der Waals surface area contributed by atoms with Crippen LogP contribution in [0.3, 0.4) is 0 Å². The van der Waals surface area contributed by atoms with Crippen LogP contribution in [0.5, 0.6) is 5.75 Å². The molecule has 266 valence electrons. The van der Waals surface area contributed by atoms with Gasteiger partial charge < -0.3 is 19.4 Å². The Morgan fingerprint density at radius 2 is 1.50 bits per heavy atom. The summed E-state index contributed by atoms with van der Waals surface area (Å²) in [5, 5.41) is 3.62. The molecule has 10 nitrogen and oxygen atoms in total. The third-order valence-corrected chi connectivity index (χ3v) is 10.1. The van der Waals surface area contributed by atoms with Gasteiger partial charge in [0, 0.05) is 75.6 Å². The first-order chi connectivity index (χ1) is 23.7. The first-order valence-corrected chi connectivity index (χ1v) is 18.0. The lowest BCUT2D eigenvalue weighted by Gasteiger charge is -2.34. The summed E-state index contributed by atoms with van der Waals surface area (Å²) in [5.41, 5.74) is 2.48. The number of sulfone groups is 1. The molecular formula is C35H36F4N4O6S. The molecule has 2 fully saturated rings. The number of fused-ring (bicyclic) bond motifs is 1. The fourth-order valence-corrected chi connectivity index (χ4v) is 6.91. The van der Waals surface area contributed by atoms with Crippen LogP contribution >= 0.6 is 0 Å². The van der Waals surface area contributed by atoms with Crippen molar-refractivity contribution >= 4 is 32.6 Å². The number of carbonyl (C=O) groups excluding carboxylic acids is 2. The summed E-state index contributed by atoms with van der Waals surface area (Å²) in [4.78, 5) is 32.7. The van der Waals surface area contributed by atoms with Crippen molar-refractivity contribution in [3.05, 3.63) is 95.0 Å². The second kappa shape index (κ2) is 14.4. The van der Waals surface area contributed by atoms with Crippen LogP contribution in [0.2, 0.25) is 0 Å². The fourth-order valence-electron chi connectivity index (χ4n) is 6.28. The third kappa shape index (κ3) is 8.81. The van der Waals surface area contributed by atoms with Gasteiger partial charge in [-0.15, -0.1) is 13.2 Å². The second-order valence-corrected chi connectivity index (χ2v) is 14.7. The smallest absolute Gasteiger partial charge is 0.451 e. The zero-order valence-electron chi connectivity index (χ0n) is 27.2. The number of piperazine rings is 1. The molecular weight excluding hydrogens is 680 g/mol. The highest BCUT2D eigenvalue weighted by Crippen LogP contribution is 2.27. The summed E-state index contributed by atoms with van der Waals surface area (Å²) >= 11 is 0. The molecule has 0 spiro atoms. The molecule has 2 saturated heterocycles. The Hall–Kier alpha value is -4.47. The number of hydrogen-bond donors (Lipinski definition) is 1. The Morgan fingerprint density at radius 1 is 0.860 bits per heavy atom. The van der Waals surface area contributed by atoms with Crippen LogP contribution in [-0.4, -0.2) is 92.9 Å². The molecule has 4 aromatic rings. The molecule has 2 aliphatic heterocycles. The molecule has 15 heteroatoms. The van der Waals surface area contributed by atoms with E-state index in [-0.39, 0.29) is 28.5 Å². The summed E-state index contributed by atoms with van der Waals surface area (Å²) in [6, 6.07) is 16.8. The molecule has 1 N–H and O–H groups in total. The van der Waals surface area contributed by atoms with Gasteiger partial charge in [-0.05, 0) is 72.5 Å². The molecule has 0 aliphatic carbocycles. The molecule has 0 atom stereocenters. The molecule has 6 rings (SSSR count). The van der Waals surface area contributed by atoms with Gasteiger partial charge in [0.25, 0.3) is 11.8 Å². The first-order valence-electron chi connectivity index (χ1n) is 16.1. The molecule has 0 unspecified atom stereocenters. The Bertz CT molecular complexity index is 1970. The highest BCUT2D eigenvalue weighted by Gasteiger charge is 2.32. The molecule has 50 heavy (non-hydrogen) atoms. The van der Waals surface area contributed by atoms with Crippen molar-refractivity contribution in [1.29, 1.82) is 0 Å². The number of benzene rings is 3. The van der Waals surface area contributed by atoms with Crippen molar-refractivity contribution in [3.63, 3.8) is 0 Å².